The number of aryl methyl sites for hydroxylation is 1. The molecule has 0 bridgehead atoms. The number of rotatable bonds is 8. The number of aromatic nitrogens is 1. The molecule has 1 unspecified atom stereocenters. The Morgan fingerprint density at radius 1 is 1.39 bits per heavy atom. The highest BCUT2D eigenvalue weighted by molar-refractivity contribution is 5.39. The molecule has 102 valence electrons. The van der Waals surface area contributed by atoms with Crippen LogP contribution in [0.2, 0.25) is 0 Å². The molecule has 0 saturated carbocycles. The van der Waals surface area contributed by atoms with Gasteiger partial charge in [0.25, 0.3) is 0 Å². The number of methoxy groups -OCH3 is 2. The van der Waals surface area contributed by atoms with Gasteiger partial charge >= 0.3 is 0 Å². The van der Waals surface area contributed by atoms with Crippen molar-refractivity contribution in [2.24, 2.45) is 0 Å². The Morgan fingerprint density at radius 2 is 2.17 bits per heavy atom. The number of nitrogens with zero attached hydrogens (tertiary/aromatic N) is 1. The lowest BCUT2D eigenvalue weighted by molar-refractivity contribution is 0.0365. The fourth-order valence-corrected chi connectivity index (χ4v) is 1.63. The number of nitrogens with one attached hydrogen (secondary N) is 1. The van der Waals surface area contributed by atoms with Crippen LogP contribution in [-0.2, 0) is 22.5 Å². The van der Waals surface area contributed by atoms with Crippen molar-refractivity contribution in [2.75, 3.05) is 32.7 Å². The van der Waals surface area contributed by atoms with E-state index in [4.69, 9.17) is 9.47 Å². The Kier molecular flexibility index (Phi) is 6.64. The highest BCUT2D eigenvalue weighted by Crippen LogP contribution is 2.11. The van der Waals surface area contributed by atoms with Crippen LogP contribution in [0.4, 0.5) is 5.82 Å². The zero-order chi connectivity index (χ0) is 13.4. The molecule has 0 aliphatic heterocycles. The SMILES string of the molecule is CCc1cc(CO)cc(NCC(COC)OC)n1. The minimum atomic E-state index is -0.0142. The maximum Gasteiger partial charge on any atom is 0.126 e. The van der Waals surface area contributed by atoms with Gasteiger partial charge in [-0.2, -0.15) is 0 Å². The molecule has 0 aliphatic carbocycles. The van der Waals surface area contributed by atoms with Gasteiger partial charge in [0.05, 0.1) is 19.3 Å². The fraction of sp³-hybridized carbons (Fsp3) is 0.615. The summed E-state index contributed by atoms with van der Waals surface area (Å²) in [4.78, 5) is 4.45. The molecule has 1 aromatic rings. The molecule has 1 rings (SSSR count). The van der Waals surface area contributed by atoms with Gasteiger partial charge in [0, 0.05) is 26.5 Å². The normalized spacial score (nSPS) is 12.4. The first-order valence-corrected chi connectivity index (χ1v) is 6.09. The van der Waals surface area contributed by atoms with Crippen LogP contribution < -0.4 is 5.32 Å². The number of ether oxygens (including phenoxy) is 2. The molecule has 0 fully saturated rings. The third-order valence-corrected chi connectivity index (χ3v) is 2.68. The topological polar surface area (TPSA) is 63.6 Å². The van der Waals surface area contributed by atoms with E-state index in [-0.39, 0.29) is 12.7 Å². The molecule has 0 radical (unpaired) electrons. The van der Waals surface area contributed by atoms with Gasteiger partial charge in [-0.15, -0.1) is 0 Å². The van der Waals surface area contributed by atoms with E-state index in [2.05, 4.69) is 10.3 Å². The average molecular weight is 254 g/mol. The Labute approximate surface area is 108 Å². The molecular weight excluding hydrogens is 232 g/mol. The van der Waals surface area contributed by atoms with Gasteiger partial charge in [-0.05, 0) is 24.1 Å². The zero-order valence-electron chi connectivity index (χ0n) is 11.3. The standard InChI is InChI=1S/C13H22N2O3/c1-4-11-5-10(8-16)6-13(15-11)14-7-12(18-3)9-17-2/h5-6,12,16H,4,7-9H2,1-3H3,(H,14,15). The summed E-state index contributed by atoms with van der Waals surface area (Å²) < 4.78 is 10.3. The predicted octanol–water partition coefficient (Wildman–Crippen LogP) is 1.21. The van der Waals surface area contributed by atoms with Crippen molar-refractivity contribution in [2.45, 2.75) is 26.1 Å². The highest BCUT2D eigenvalue weighted by atomic mass is 16.5. The lowest BCUT2D eigenvalue weighted by Crippen LogP contribution is -2.27. The lowest BCUT2D eigenvalue weighted by atomic mass is 10.2. The summed E-state index contributed by atoms with van der Waals surface area (Å²) >= 11 is 0. The van der Waals surface area contributed by atoms with E-state index in [9.17, 15) is 5.11 Å². The minimum absolute atomic E-state index is 0.0142. The Bertz CT molecular complexity index is 336. The summed E-state index contributed by atoms with van der Waals surface area (Å²) in [7, 11) is 3.30. The van der Waals surface area contributed by atoms with Crippen LogP contribution >= 0.6 is 0 Å². The molecule has 0 saturated heterocycles. The predicted molar refractivity (Wildman–Crippen MR) is 70.7 cm³/mol. The molecule has 1 heterocycles. The second-order valence-electron chi connectivity index (χ2n) is 4.06. The maximum absolute atomic E-state index is 9.19. The average Bonchev–Trinajstić information content (AvgIpc) is 2.42. The van der Waals surface area contributed by atoms with E-state index in [1.54, 1.807) is 14.2 Å². The van der Waals surface area contributed by atoms with Crippen molar-refractivity contribution < 1.29 is 14.6 Å². The molecule has 2 N–H and O–H groups in total. The minimum Gasteiger partial charge on any atom is -0.392 e. The van der Waals surface area contributed by atoms with Crippen LogP contribution in [-0.4, -0.2) is 43.6 Å². The highest BCUT2D eigenvalue weighted by Gasteiger charge is 2.07. The van der Waals surface area contributed by atoms with Crippen LogP contribution in [0.5, 0.6) is 0 Å². The van der Waals surface area contributed by atoms with E-state index in [1.165, 1.54) is 0 Å². The number of pyridine rings is 1. The van der Waals surface area contributed by atoms with Crippen LogP contribution in [0.15, 0.2) is 12.1 Å². The Balaban J connectivity index is 2.65. The van der Waals surface area contributed by atoms with Crippen molar-refractivity contribution in [3.8, 4) is 0 Å². The Morgan fingerprint density at radius 3 is 2.72 bits per heavy atom. The van der Waals surface area contributed by atoms with E-state index >= 15 is 0 Å². The first-order chi connectivity index (χ1) is 8.73. The number of hydrogen-bond acceptors (Lipinski definition) is 5. The lowest BCUT2D eigenvalue weighted by Gasteiger charge is -2.16. The summed E-state index contributed by atoms with van der Waals surface area (Å²) in [5, 5.41) is 12.4. The largest absolute Gasteiger partial charge is 0.392 e. The third kappa shape index (κ3) is 4.60. The van der Waals surface area contributed by atoms with Crippen molar-refractivity contribution in [1.29, 1.82) is 0 Å². The van der Waals surface area contributed by atoms with E-state index in [0.717, 1.165) is 23.5 Å². The van der Waals surface area contributed by atoms with Crippen molar-refractivity contribution in [1.82, 2.24) is 4.98 Å². The van der Waals surface area contributed by atoms with Crippen LogP contribution in [0.1, 0.15) is 18.2 Å². The summed E-state index contributed by atoms with van der Waals surface area (Å²) in [5.74, 6) is 0.761. The van der Waals surface area contributed by atoms with Gasteiger partial charge in [-0.3, -0.25) is 0 Å². The third-order valence-electron chi connectivity index (χ3n) is 2.68. The quantitative estimate of drug-likeness (QED) is 0.730. The summed E-state index contributed by atoms with van der Waals surface area (Å²) in [6.45, 7) is 3.21. The number of aliphatic hydroxyl groups excluding tert-OH is 1. The van der Waals surface area contributed by atoms with Gasteiger partial charge in [-0.25, -0.2) is 4.98 Å². The maximum atomic E-state index is 9.19. The monoisotopic (exact) mass is 254 g/mol. The number of anilines is 1. The molecular formula is C13H22N2O3. The van der Waals surface area contributed by atoms with E-state index in [1.807, 2.05) is 19.1 Å². The molecule has 0 spiro atoms. The fourth-order valence-electron chi connectivity index (χ4n) is 1.63. The molecule has 5 heteroatoms. The zero-order valence-corrected chi connectivity index (χ0v) is 11.3. The smallest absolute Gasteiger partial charge is 0.126 e. The molecule has 1 aromatic heterocycles. The van der Waals surface area contributed by atoms with Crippen LogP contribution in [0.3, 0.4) is 0 Å². The first kappa shape index (κ1) is 14.9. The van der Waals surface area contributed by atoms with Gasteiger partial charge in [0.1, 0.15) is 5.82 Å². The van der Waals surface area contributed by atoms with Crippen molar-refractivity contribution >= 4 is 5.82 Å². The molecule has 5 nitrogen and oxygen atoms in total. The van der Waals surface area contributed by atoms with Gasteiger partial charge < -0.3 is 19.9 Å². The van der Waals surface area contributed by atoms with Gasteiger partial charge in [0.2, 0.25) is 0 Å². The summed E-state index contributed by atoms with van der Waals surface area (Å²) in [6.07, 6.45) is 0.827. The second-order valence-corrected chi connectivity index (χ2v) is 4.06. The molecule has 0 amide bonds. The molecule has 0 aromatic carbocycles. The molecule has 1 atom stereocenters. The van der Waals surface area contributed by atoms with Gasteiger partial charge in [-0.1, -0.05) is 6.92 Å². The molecule has 18 heavy (non-hydrogen) atoms. The number of aliphatic hydroxyl groups is 1. The summed E-state index contributed by atoms with van der Waals surface area (Å²) in [6, 6.07) is 3.76. The summed E-state index contributed by atoms with van der Waals surface area (Å²) in [5.41, 5.74) is 1.83. The van der Waals surface area contributed by atoms with Gasteiger partial charge in [0.15, 0.2) is 0 Å². The van der Waals surface area contributed by atoms with E-state index in [0.29, 0.717) is 13.2 Å². The van der Waals surface area contributed by atoms with Crippen LogP contribution in [0, 0.1) is 0 Å². The van der Waals surface area contributed by atoms with Crippen molar-refractivity contribution in [3.63, 3.8) is 0 Å². The second kappa shape index (κ2) is 8.02. The molecule has 0 aliphatic rings. The Hall–Kier alpha value is -1.17. The first-order valence-electron chi connectivity index (χ1n) is 6.09. The van der Waals surface area contributed by atoms with Crippen molar-refractivity contribution in [3.05, 3.63) is 23.4 Å². The van der Waals surface area contributed by atoms with E-state index < -0.39 is 0 Å². The van der Waals surface area contributed by atoms with Crippen LogP contribution in [0.25, 0.3) is 0 Å². The number of hydrogen-bond donors (Lipinski definition) is 2.